The van der Waals surface area contributed by atoms with Gasteiger partial charge in [-0.3, -0.25) is 9.59 Å². The fourth-order valence-electron chi connectivity index (χ4n) is 5.54. The molecule has 1 N–H and O–H groups in total. The molecule has 0 aromatic heterocycles. The number of carbonyl (C=O) groups is 2. The molecule has 0 saturated heterocycles. The number of ether oxygens (including phenoxy) is 1. The van der Waals surface area contributed by atoms with Crippen molar-refractivity contribution in [3.63, 3.8) is 0 Å². The quantitative estimate of drug-likeness (QED) is 0.461. The predicted octanol–water partition coefficient (Wildman–Crippen LogP) is 5.57. The predicted molar refractivity (Wildman–Crippen MR) is 140 cm³/mol. The summed E-state index contributed by atoms with van der Waals surface area (Å²) in [7, 11) is 0. The van der Waals surface area contributed by atoms with Crippen LogP contribution >= 0.6 is 0 Å². The van der Waals surface area contributed by atoms with Crippen molar-refractivity contribution < 1.29 is 18.7 Å². The summed E-state index contributed by atoms with van der Waals surface area (Å²) in [4.78, 5) is 28.3. The number of amides is 2. The first-order valence-corrected chi connectivity index (χ1v) is 13.2. The van der Waals surface area contributed by atoms with Crippen molar-refractivity contribution in [2.45, 2.75) is 57.7 Å². The van der Waals surface area contributed by atoms with E-state index in [1.807, 2.05) is 35.2 Å². The molecular formula is C31H33FN2O3. The second-order valence-electron chi connectivity index (χ2n) is 10.0. The zero-order valence-electron chi connectivity index (χ0n) is 21.2. The van der Waals surface area contributed by atoms with Gasteiger partial charge in [0.15, 0.2) is 6.10 Å². The smallest absolute Gasteiger partial charge is 0.261 e. The van der Waals surface area contributed by atoms with E-state index in [-0.39, 0.29) is 36.1 Å². The van der Waals surface area contributed by atoms with Gasteiger partial charge in [-0.2, -0.15) is 0 Å². The van der Waals surface area contributed by atoms with Crippen LogP contribution in [0.2, 0.25) is 0 Å². The second kappa shape index (κ2) is 11.2. The molecule has 2 amide bonds. The Labute approximate surface area is 217 Å². The first-order chi connectivity index (χ1) is 18.0. The molecule has 37 heavy (non-hydrogen) atoms. The molecule has 5 nitrogen and oxygen atoms in total. The topological polar surface area (TPSA) is 58.6 Å². The summed E-state index contributed by atoms with van der Waals surface area (Å²) in [5, 5.41) is 2.81. The molecule has 1 aliphatic heterocycles. The third kappa shape index (κ3) is 5.68. The molecule has 1 saturated carbocycles. The Morgan fingerprint density at radius 1 is 1.03 bits per heavy atom. The first-order valence-electron chi connectivity index (χ1n) is 13.2. The van der Waals surface area contributed by atoms with Crippen LogP contribution in [0.3, 0.4) is 0 Å². The van der Waals surface area contributed by atoms with Crippen molar-refractivity contribution in [2.24, 2.45) is 5.92 Å². The Balaban J connectivity index is 1.35. The average Bonchev–Trinajstić information content (AvgIpc) is 3.46. The fraction of sp³-hybridized carbons (Fsp3) is 0.355. The largest absolute Gasteiger partial charge is 0.481 e. The highest BCUT2D eigenvalue weighted by Gasteiger charge is 2.36. The van der Waals surface area contributed by atoms with E-state index < -0.39 is 6.10 Å². The maximum atomic E-state index is 13.6. The van der Waals surface area contributed by atoms with Crippen LogP contribution in [0, 0.1) is 11.7 Å². The van der Waals surface area contributed by atoms with Crippen molar-refractivity contribution in [1.29, 1.82) is 0 Å². The number of nitrogens with one attached hydrogen (secondary N) is 1. The minimum absolute atomic E-state index is 0.106. The van der Waals surface area contributed by atoms with Gasteiger partial charge in [-0.15, -0.1) is 0 Å². The standard InChI is InChI=1S/C31H33FN2O3/c1-21(30(35)33-20-22-8-7-13-26(32)18-22)37-27-15-14-23-16-17-34(31(36)25-11-5-6-12-25)29(28(23)19-27)24-9-3-2-4-10-24/h2-4,7-10,13-15,18-19,21,25,29H,5-6,11-12,16-17,20H2,1H3,(H,33,35)/t21-,29-/m0/s1. The van der Waals surface area contributed by atoms with E-state index in [1.54, 1.807) is 19.1 Å². The van der Waals surface area contributed by atoms with Crippen LogP contribution in [0.5, 0.6) is 5.75 Å². The van der Waals surface area contributed by atoms with Gasteiger partial charge in [-0.1, -0.05) is 61.4 Å². The van der Waals surface area contributed by atoms with Gasteiger partial charge in [0.05, 0.1) is 6.04 Å². The Hall–Kier alpha value is -3.67. The molecule has 3 aromatic rings. The van der Waals surface area contributed by atoms with Crippen LogP contribution in [-0.2, 0) is 22.6 Å². The number of carbonyl (C=O) groups excluding carboxylic acids is 2. The Kier molecular flexibility index (Phi) is 7.54. The SMILES string of the molecule is C[C@H](Oc1ccc2c(c1)[C@H](c1ccccc1)N(C(=O)C1CCCC1)CC2)C(=O)NCc1cccc(F)c1. The van der Waals surface area contributed by atoms with E-state index in [0.717, 1.165) is 43.2 Å². The van der Waals surface area contributed by atoms with Crippen LogP contribution in [-0.4, -0.2) is 29.4 Å². The molecule has 3 aromatic carbocycles. The van der Waals surface area contributed by atoms with Gasteiger partial charge >= 0.3 is 0 Å². The van der Waals surface area contributed by atoms with Crippen molar-refractivity contribution in [3.8, 4) is 5.75 Å². The van der Waals surface area contributed by atoms with E-state index in [0.29, 0.717) is 17.9 Å². The molecule has 2 atom stereocenters. The number of rotatable bonds is 7. The number of nitrogens with zero attached hydrogens (tertiary/aromatic N) is 1. The lowest BCUT2D eigenvalue weighted by atomic mass is 9.87. The number of benzene rings is 3. The van der Waals surface area contributed by atoms with Crippen molar-refractivity contribution in [3.05, 3.63) is 101 Å². The molecule has 0 unspecified atom stereocenters. The van der Waals surface area contributed by atoms with E-state index in [1.165, 1.54) is 17.7 Å². The molecule has 0 bridgehead atoms. The number of fused-ring (bicyclic) bond motifs is 1. The van der Waals surface area contributed by atoms with Gasteiger partial charge in [0.2, 0.25) is 5.91 Å². The summed E-state index contributed by atoms with van der Waals surface area (Å²) in [6.45, 7) is 2.62. The van der Waals surface area contributed by atoms with E-state index in [4.69, 9.17) is 4.74 Å². The first kappa shape index (κ1) is 25.0. The monoisotopic (exact) mass is 500 g/mol. The molecule has 0 spiro atoms. The number of hydrogen-bond donors (Lipinski definition) is 1. The molecule has 192 valence electrons. The zero-order valence-corrected chi connectivity index (χ0v) is 21.2. The molecular weight excluding hydrogens is 467 g/mol. The summed E-state index contributed by atoms with van der Waals surface area (Å²) in [5.74, 6) is 0.323. The van der Waals surface area contributed by atoms with Crippen molar-refractivity contribution in [2.75, 3.05) is 6.54 Å². The van der Waals surface area contributed by atoms with Crippen LogP contribution < -0.4 is 10.1 Å². The summed E-state index contributed by atoms with van der Waals surface area (Å²) in [5.41, 5.74) is 4.01. The number of halogens is 1. The van der Waals surface area contributed by atoms with Crippen LogP contribution in [0.25, 0.3) is 0 Å². The van der Waals surface area contributed by atoms with Crippen molar-refractivity contribution in [1.82, 2.24) is 10.2 Å². The third-order valence-corrected chi connectivity index (χ3v) is 7.49. The number of hydrogen-bond acceptors (Lipinski definition) is 3. The van der Waals surface area contributed by atoms with Gasteiger partial charge in [0, 0.05) is 19.0 Å². The molecule has 1 heterocycles. The van der Waals surface area contributed by atoms with E-state index in [2.05, 4.69) is 23.5 Å². The Morgan fingerprint density at radius 2 is 1.81 bits per heavy atom. The zero-order chi connectivity index (χ0) is 25.8. The highest BCUT2D eigenvalue weighted by molar-refractivity contribution is 5.81. The molecule has 6 heteroatoms. The van der Waals surface area contributed by atoms with Gasteiger partial charge in [-0.25, -0.2) is 4.39 Å². The van der Waals surface area contributed by atoms with Gasteiger partial charge in [0.25, 0.3) is 5.91 Å². The van der Waals surface area contributed by atoms with Crippen LogP contribution in [0.15, 0.2) is 72.8 Å². The summed E-state index contributed by atoms with van der Waals surface area (Å²) in [6.07, 6.45) is 4.23. The van der Waals surface area contributed by atoms with Crippen molar-refractivity contribution >= 4 is 11.8 Å². The maximum absolute atomic E-state index is 13.6. The molecule has 1 aliphatic carbocycles. The molecule has 0 radical (unpaired) electrons. The van der Waals surface area contributed by atoms with Crippen LogP contribution in [0.4, 0.5) is 4.39 Å². The average molecular weight is 501 g/mol. The Bertz CT molecular complexity index is 1260. The second-order valence-corrected chi connectivity index (χ2v) is 10.0. The third-order valence-electron chi connectivity index (χ3n) is 7.49. The molecule has 2 aliphatic rings. The van der Waals surface area contributed by atoms with Gasteiger partial charge in [0.1, 0.15) is 11.6 Å². The highest BCUT2D eigenvalue weighted by Crippen LogP contribution is 2.39. The summed E-state index contributed by atoms with van der Waals surface area (Å²) < 4.78 is 19.5. The minimum Gasteiger partial charge on any atom is -0.481 e. The molecule has 1 fully saturated rings. The summed E-state index contributed by atoms with van der Waals surface area (Å²) in [6, 6.07) is 22.1. The highest BCUT2D eigenvalue weighted by atomic mass is 19.1. The summed E-state index contributed by atoms with van der Waals surface area (Å²) >= 11 is 0. The van der Waals surface area contributed by atoms with Gasteiger partial charge in [-0.05, 0) is 72.7 Å². The normalized spacial score (nSPS) is 18.2. The lowest BCUT2D eigenvalue weighted by Crippen LogP contribution is -2.43. The van der Waals surface area contributed by atoms with E-state index >= 15 is 0 Å². The maximum Gasteiger partial charge on any atom is 0.261 e. The lowest BCUT2D eigenvalue weighted by molar-refractivity contribution is -0.137. The minimum atomic E-state index is -0.735. The Morgan fingerprint density at radius 3 is 2.57 bits per heavy atom. The lowest BCUT2D eigenvalue weighted by Gasteiger charge is -2.39. The van der Waals surface area contributed by atoms with E-state index in [9.17, 15) is 14.0 Å². The molecule has 5 rings (SSSR count). The fourth-order valence-corrected chi connectivity index (χ4v) is 5.54. The van der Waals surface area contributed by atoms with Crippen LogP contribution in [0.1, 0.15) is 60.9 Å². The van der Waals surface area contributed by atoms with Gasteiger partial charge < -0.3 is 15.0 Å².